The van der Waals surface area contributed by atoms with Gasteiger partial charge in [-0.15, -0.1) is 0 Å². The molecule has 1 N–H and O–H groups in total. The van der Waals surface area contributed by atoms with Gasteiger partial charge in [0.2, 0.25) is 0 Å². The summed E-state index contributed by atoms with van der Waals surface area (Å²) >= 11 is 0. The third kappa shape index (κ3) is 7.19. The zero-order valence-corrected chi connectivity index (χ0v) is 11.1. The average molecular weight is 248 g/mol. The van der Waals surface area contributed by atoms with Crippen molar-refractivity contribution in [2.75, 3.05) is 44.7 Å². The molecule has 1 heterocycles. The molecule has 1 rings (SSSR count). The summed E-state index contributed by atoms with van der Waals surface area (Å²) < 4.78 is 21.8. The molecule has 0 aliphatic carbocycles. The Hall–Kier alpha value is -0.130. The van der Waals surface area contributed by atoms with Crippen LogP contribution in [-0.4, -0.2) is 58.1 Å². The molecule has 0 radical (unpaired) electrons. The Morgan fingerprint density at radius 2 is 1.69 bits per heavy atom. The van der Waals surface area contributed by atoms with Crippen LogP contribution in [0.1, 0.15) is 25.7 Å². The van der Waals surface area contributed by atoms with Gasteiger partial charge in [0, 0.05) is 25.9 Å². The van der Waals surface area contributed by atoms with Gasteiger partial charge in [0.25, 0.3) is 0 Å². The van der Waals surface area contributed by atoms with Crippen LogP contribution >= 0.6 is 0 Å². The Balaban J connectivity index is 2.01. The van der Waals surface area contributed by atoms with Crippen LogP contribution in [0.3, 0.4) is 0 Å². The molecule has 0 bridgehead atoms. The van der Waals surface area contributed by atoms with Crippen molar-refractivity contribution in [1.29, 1.82) is 0 Å². The van der Waals surface area contributed by atoms with E-state index in [4.69, 9.17) is 0 Å². The molecular formula is C11H24N2O2S. The van der Waals surface area contributed by atoms with Gasteiger partial charge in [-0.3, -0.25) is 0 Å². The van der Waals surface area contributed by atoms with Crippen LogP contribution in [0.4, 0.5) is 0 Å². The van der Waals surface area contributed by atoms with E-state index in [9.17, 15) is 8.42 Å². The van der Waals surface area contributed by atoms with Gasteiger partial charge in [-0.25, -0.2) is 8.42 Å². The van der Waals surface area contributed by atoms with Gasteiger partial charge in [-0.1, -0.05) is 12.8 Å². The van der Waals surface area contributed by atoms with Gasteiger partial charge >= 0.3 is 0 Å². The molecule has 0 amide bonds. The van der Waals surface area contributed by atoms with E-state index in [0.29, 0.717) is 6.54 Å². The molecule has 0 aromatic carbocycles. The van der Waals surface area contributed by atoms with E-state index in [0.717, 1.165) is 13.1 Å². The Morgan fingerprint density at radius 1 is 1.06 bits per heavy atom. The van der Waals surface area contributed by atoms with E-state index in [2.05, 4.69) is 10.2 Å². The highest BCUT2D eigenvalue weighted by Crippen LogP contribution is 2.08. The number of nitrogens with zero attached hydrogens (tertiary/aromatic N) is 1. The molecule has 1 saturated heterocycles. The molecule has 1 fully saturated rings. The Bertz CT molecular complexity index is 270. The smallest absolute Gasteiger partial charge is 0.148 e. The van der Waals surface area contributed by atoms with Crippen LogP contribution in [0, 0.1) is 0 Å². The zero-order valence-electron chi connectivity index (χ0n) is 10.2. The minimum atomic E-state index is -2.81. The number of hydrogen-bond acceptors (Lipinski definition) is 4. The normalized spacial score (nSPS) is 19.6. The summed E-state index contributed by atoms with van der Waals surface area (Å²) in [4.78, 5) is 2.47. The van der Waals surface area contributed by atoms with E-state index in [1.54, 1.807) is 0 Å². The first kappa shape index (κ1) is 13.9. The van der Waals surface area contributed by atoms with Crippen LogP contribution in [0.15, 0.2) is 0 Å². The highest BCUT2D eigenvalue weighted by Gasteiger charge is 2.08. The quantitative estimate of drug-likeness (QED) is 0.695. The monoisotopic (exact) mass is 248 g/mol. The third-order valence-electron chi connectivity index (χ3n) is 2.95. The molecule has 4 nitrogen and oxygen atoms in total. The van der Waals surface area contributed by atoms with Crippen LogP contribution in [0.25, 0.3) is 0 Å². The summed E-state index contributed by atoms with van der Waals surface area (Å²) in [5.41, 5.74) is 0. The van der Waals surface area contributed by atoms with Crippen molar-refractivity contribution in [1.82, 2.24) is 10.2 Å². The van der Waals surface area contributed by atoms with E-state index in [-0.39, 0.29) is 5.75 Å². The van der Waals surface area contributed by atoms with Crippen LogP contribution < -0.4 is 5.32 Å². The largest absolute Gasteiger partial charge is 0.314 e. The number of nitrogens with one attached hydrogen (secondary N) is 1. The maximum absolute atomic E-state index is 10.9. The summed E-state index contributed by atoms with van der Waals surface area (Å²) in [6, 6.07) is 0. The van der Waals surface area contributed by atoms with Gasteiger partial charge in [-0.05, 0) is 25.9 Å². The van der Waals surface area contributed by atoms with Crippen molar-refractivity contribution in [3.8, 4) is 0 Å². The second-order valence-electron chi connectivity index (χ2n) is 4.64. The number of rotatable bonds is 6. The molecule has 1 aliphatic rings. The topological polar surface area (TPSA) is 49.4 Å². The first-order valence-electron chi connectivity index (χ1n) is 6.19. The number of likely N-dealkylation sites (tertiary alicyclic amines) is 1. The Kier molecular flexibility index (Phi) is 6.31. The van der Waals surface area contributed by atoms with Crippen LogP contribution in [0.5, 0.6) is 0 Å². The minimum absolute atomic E-state index is 0.243. The predicted octanol–water partition coefficient (Wildman–Crippen LogP) is 0.497. The standard InChI is InChI=1S/C11H24N2O2S/c1-16(14,15)11-7-12-6-10-13-8-4-2-3-5-9-13/h12H,2-11H2,1H3. The lowest BCUT2D eigenvalue weighted by Crippen LogP contribution is -2.34. The number of hydrogen-bond donors (Lipinski definition) is 1. The van der Waals surface area contributed by atoms with E-state index in [1.807, 2.05) is 0 Å². The second-order valence-corrected chi connectivity index (χ2v) is 6.90. The fourth-order valence-corrected chi connectivity index (χ4v) is 2.49. The van der Waals surface area contributed by atoms with Crippen molar-refractivity contribution in [2.24, 2.45) is 0 Å². The summed E-state index contributed by atoms with van der Waals surface area (Å²) in [6.07, 6.45) is 6.62. The molecule has 96 valence electrons. The lowest BCUT2D eigenvalue weighted by Gasteiger charge is -2.19. The average Bonchev–Trinajstić information content (AvgIpc) is 2.44. The zero-order chi connectivity index (χ0) is 11.9. The Labute approximate surface area is 99.3 Å². The molecule has 0 aromatic heterocycles. The maximum atomic E-state index is 10.9. The molecule has 5 heteroatoms. The van der Waals surface area contributed by atoms with E-state index in [1.165, 1.54) is 45.0 Å². The van der Waals surface area contributed by atoms with Gasteiger partial charge < -0.3 is 10.2 Å². The lowest BCUT2D eigenvalue weighted by molar-refractivity contribution is 0.285. The molecule has 1 aliphatic heterocycles. The van der Waals surface area contributed by atoms with E-state index < -0.39 is 9.84 Å². The van der Waals surface area contributed by atoms with Gasteiger partial charge in [-0.2, -0.15) is 0 Å². The second kappa shape index (κ2) is 7.25. The molecule has 0 unspecified atom stereocenters. The van der Waals surface area contributed by atoms with E-state index >= 15 is 0 Å². The molecule has 0 aromatic rings. The van der Waals surface area contributed by atoms with Crippen LogP contribution in [0.2, 0.25) is 0 Å². The molecule has 0 atom stereocenters. The first-order valence-corrected chi connectivity index (χ1v) is 8.25. The summed E-state index contributed by atoms with van der Waals surface area (Å²) in [5.74, 6) is 0.243. The van der Waals surface area contributed by atoms with Crippen molar-refractivity contribution in [3.63, 3.8) is 0 Å². The maximum Gasteiger partial charge on any atom is 0.148 e. The fourth-order valence-electron chi connectivity index (χ4n) is 1.98. The van der Waals surface area contributed by atoms with Gasteiger partial charge in [0.05, 0.1) is 5.75 Å². The summed E-state index contributed by atoms with van der Waals surface area (Å²) in [5, 5.41) is 3.19. The third-order valence-corrected chi connectivity index (χ3v) is 3.90. The highest BCUT2D eigenvalue weighted by molar-refractivity contribution is 7.90. The van der Waals surface area contributed by atoms with Crippen molar-refractivity contribution >= 4 is 9.84 Å². The summed E-state index contributed by atoms with van der Waals surface area (Å²) in [6.45, 7) is 4.92. The highest BCUT2D eigenvalue weighted by atomic mass is 32.2. The lowest BCUT2D eigenvalue weighted by atomic mass is 10.2. The molecule has 16 heavy (non-hydrogen) atoms. The predicted molar refractivity (Wildman–Crippen MR) is 67.5 cm³/mol. The molecule has 0 saturated carbocycles. The van der Waals surface area contributed by atoms with Crippen molar-refractivity contribution < 1.29 is 8.42 Å². The summed E-state index contributed by atoms with van der Waals surface area (Å²) in [7, 11) is -2.81. The van der Waals surface area contributed by atoms with Gasteiger partial charge in [0.15, 0.2) is 0 Å². The van der Waals surface area contributed by atoms with Crippen molar-refractivity contribution in [2.45, 2.75) is 25.7 Å². The molecular weight excluding hydrogens is 224 g/mol. The first-order chi connectivity index (χ1) is 7.58. The molecule has 0 spiro atoms. The SMILES string of the molecule is CS(=O)(=O)CCNCCN1CCCCCC1. The van der Waals surface area contributed by atoms with Crippen LogP contribution in [-0.2, 0) is 9.84 Å². The van der Waals surface area contributed by atoms with Crippen molar-refractivity contribution in [3.05, 3.63) is 0 Å². The number of sulfone groups is 1. The fraction of sp³-hybridized carbons (Fsp3) is 1.00. The minimum Gasteiger partial charge on any atom is -0.314 e. The van der Waals surface area contributed by atoms with Gasteiger partial charge in [0.1, 0.15) is 9.84 Å². The Morgan fingerprint density at radius 3 is 2.25 bits per heavy atom.